The van der Waals surface area contributed by atoms with Gasteiger partial charge in [-0.2, -0.15) is 0 Å². The number of anilines is 2. The van der Waals surface area contributed by atoms with Crippen LogP contribution in [0.5, 0.6) is 5.75 Å². The zero-order valence-corrected chi connectivity index (χ0v) is 17.5. The second-order valence-corrected chi connectivity index (χ2v) is 8.71. The summed E-state index contributed by atoms with van der Waals surface area (Å²) in [5, 5.41) is 18.2. The summed E-state index contributed by atoms with van der Waals surface area (Å²) in [4.78, 5) is 12.6. The Morgan fingerprint density at radius 3 is 2.26 bits per heavy atom. The highest BCUT2D eigenvalue weighted by atomic mass is 32.2. The summed E-state index contributed by atoms with van der Waals surface area (Å²) in [7, 11) is -3.89. The monoisotopic (exact) mass is 437 g/mol. The number of benzene rings is 3. The number of aromatic hydroxyl groups is 1. The van der Waals surface area contributed by atoms with Crippen LogP contribution in [0.15, 0.2) is 70.1 Å². The van der Waals surface area contributed by atoms with Gasteiger partial charge in [0, 0.05) is 11.3 Å². The fourth-order valence-corrected chi connectivity index (χ4v) is 4.06. The van der Waals surface area contributed by atoms with E-state index in [9.17, 15) is 18.3 Å². The Kier molecular flexibility index (Phi) is 5.12. The maximum absolute atomic E-state index is 12.6. The molecule has 3 N–H and O–H groups in total. The first-order chi connectivity index (χ1) is 14.7. The standard InChI is InChI=1S/C22H19N3O5S/c1-13-14(2)24-30-22(13)25-31(28,29)18-9-7-17(8-10-18)23-21(27)19-11-15-5-3-4-6-16(15)12-20(19)26/h3-12,25-26H,1-2H3,(H,23,27). The van der Waals surface area contributed by atoms with Gasteiger partial charge in [-0.3, -0.25) is 4.79 Å². The molecule has 31 heavy (non-hydrogen) atoms. The summed E-state index contributed by atoms with van der Waals surface area (Å²) < 4.78 is 32.5. The number of sulfonamides is 1. The van der Waals surface area contributed by atoms with Crippen LogP contribution >= 0.6 is 0 Å². The number of fused-ring (bicyclic) bond motifs is 1. The van der Waals surface area contributed by atoms with Crippen LogP contribution in [-0.4, -0.2) is 24.6 Å². The first kappa shape index (κ1) is 20.4. The van der Waals surface area contributed by atoms with Crippen molar-refractivity contribution in [1.82, 2.24) is 5.16 Å². The molecule has 0 radical (unpaired) electrons. The van der Waals surface area contributed by atoms with E-state index in [2.05, 4.69) is 15.2 Å². The van der Waals surface area contributed by atoms with Crippen LogP contribution in [0.2, 0.25) is 0 Å². The molecule has 8 nitrogen and oxygen atoms in total. The van der Waals surface area contributed by atoms with Gasteiger partial charge in [-0.25, -0.2) is 13.1 Å². The molecular weight excluding hydrogens is 418 g/mol. The van der Waals surface area contributed by atoms with E-state index in [-0.39, 0.29) is 22.1 Å². The van der Waals surface area contributed by atoms with Gasteiger partial charge in [0.05, 0.1) is 16.2 Å². The Labute approximate surface area is 178 Å². The predicted octanol–water partition coefficient (Wildman–Crippen LogP) is 4.20. The van der Waals surface area contributed by atoms with Crippen molar-refractivity contribution in [3.05, 3.63) is 77.5 Å². The summed E-state index contributed by atoms with van der Waals surface area (Å²) in [6, 6.07) is 16.1. The summed E-state index contributed by atoms with van der Waals surface area (Å²) in [6.07, 6.45) is 0. The number of nitrogens with one attached hydrogen (secondary N) is 2. The molecule has 1 heterocycles. The Morgan fingerprint density at radius 2 is 1.65 bits per heavy atom. The van der Waals surface area contributed by atoms with E-state index in [1.165, 1.54) is 30.3 Å². The van der Waals surface area contributed by atoms with Crippen LogP contribution in [-0.2, 0) is 10.0 Å². The molecule has 4 rings (SSSR count). The van der Waals surface area contributed by atoms with E-state index in [0.717, 1.165) is 10.8 Å². The van der Waals surface area contributed by atoms with E-state index in [1.807, 2.05) is 24.3 Å². The van der Waals surface area contributed by atoms with Crippen LogP contribution in [0.25, 0.3) is 10.8 Å². The highest BCUT2D eigenvalue weighted by Crippen LogP contribution is 2.26. The lowest BCUT2D eigenvalue weighted by atomic mass is 10.1. The minimum Gasteiger partial charge on any atom is -0.507 e. The lowest BCUT2D eigenvalue weighted by molar-refractivity contribution is 0.102. The second kappa shape index (κ2) is 7.77. The van der Waals surface area contributed by atoms with Crippen LogP contribution in [0.1, 0.15) is 21.6 Å². The number of carbonyl (C=O) groups is 1. The van der Waals surface area contributed by atoms with Gasteiger partial charge in [-0.15, -0.1) is 0 Å². The predicted molar refractivity (Wildman–Crippen MR) is 117 cm³/mol. The van der Waals surface area contributed by atoms with Gasteiger partial charge in [0.2, 0.25) is 5.88 Å². The quantitative estimate of drug-likeness (QED) is 0.430. The molecule has 1 amide bonds. The Hall–Kier alpha value is -3.85. The van der Waals surface area contributed by atoms with E-state index < -0.39 is 15.9 Å². The Balaban J connectivity index is 1.52. The minimum absolute atomic E-state index is 0.00694. The summed E-state index contributed by atoms with van der Waals surface area (Å²) in [6.45, 7) is 3.41. The third kappa shape index (κ3) is 4.08. The number of hydrogen-bond donors (Lipinski definition) is 3. The molecule has 0 aliphatic carbocycles. The number of phenols is 1. The van der Waals surface area contributed by atoms with Crippen molar-refractivity contribution >= 4 is 38.3 Å². The number of carbonyl (C=O) groups excluding carboxylic acids is 1. The van der Waals surface area contributed by atoms with E-state index in [4.69, 9.17) is 4.52 Å². The maximum atomic E-state index is 12.6. The largest absolute Gasteiger partial charge is 0.507 e. The molecule has 0 aliphatic heterocycles. The molecule has 0 unspecified atom stereocenters. The Morgan fingerprint density at radius 1 is 1.00 bits per heavy atom. The van der Waals surface area contributed by atoms with Crippen LogP contribution in [0.3, 0.4) is 0 Å². The summed E-state index contributed by atoms with van der Waals surface area (Å²) in [5.74, 6) is -0.594. The molecule has 0 saturated carbocycles. The van der Waals surface area contributed by atoms with Gasteiger partial charge < -0.3 is 14.9 Å². The average Bonchev–Trinajstić information content (AvgIpc) is 3.05. The third-order valence-electron chi connectivity index (χ3n) is 4.92. The van der Waals surface area contributed by atoms with E-state index in [1.54, 1.807) is 19.9 Å². The van der Waals surface area contributed by atoms with E-state index in [0.29, 0.717) is 16.9 Å². The number of nitrogens with zero attached hydrogens (tertiary/aromatic N) is 1. The van der Waals surface area contributed by atoms with Crippen LogP contribution in [0.4, 0.5) is 11.6 Å². The number of rotatable bonds is 5. The first-order valence-corrected chi connectivity index (χ1v) is 10.8. The second-order valence-electron chi connectivity index (χ2n) is 7.02. The normalized spacial score (nSPS) is 11.4. The van der Waals surface area contributed by atoms with Crippen molar-refractivity contribution < 1.29 is 22.8 Å². The van der Waals surface area contributed by atoms with Crippen molar-refractivity contribution in [2.45, 2.75) is 18.7 Å². The number of aromatic nitrogens is 1. The third-order valence-corrected chi connectivity index (χ3v) is 6.26. The number of hydrogen-bond acceptors (Lipinski definition) is 6. The van der Waals surface area contributed by atoms with Gasteiger partial charge in [0.1, 0.15) is 5.75 Å². The summed E-state index contributed by atoms with van der Waals surface area (Å²) in [5.41, 5.74) is 1.69. The molecule has 3 aromatic carbocycles. The zero-order chi connectivity index (χ0) is 22.2. The summed E-state index contributed by atoms with van der Waals surface area (Å²) >= 11 is 0. The van der Waals surface area contributed by atoms with Crippen molar-refractivity contribution in [3.63, 3.8) is 0 Å². The maximum Gasteiger partial charge on any atom is 0.264 e. The molecule has 0 spiro atoms. The fourth-order valence-electron chi connectivity index (χ4n) is 3.02. The molecular formula is C22H19N3O5S. The molecule has 1 aromatic heterocycles. The molecule has 0 saturated heterocycles. The topological polar surface area (TPSA) is 122 Å². The zero-order valence-electron chi connectivity index (χ0n) is 16.7. The fraction of sp³-hybridized carbons (Fsp3) is 0.0909. The highest BCUT2D eigenvalue weighted by Gasteiger charge is 2.19. The van der Waals surface area contributed by atoms with Crippen LogP contribution in [0, 0.1) is 13.8 Å². The van der Waals surface area contributed by atoms with Gasteiger partial charge >= 0.3 is 0 Å². The Bertz CT molecular complexity index is 1390. The molecule has 0 fully saturated rings. The van der Waals surface area contributed by atoms with Gasteiger partial charge in [0.15, 0.2) is 0 Å². The van der Waals surface area contributed by atoms with Crippen LogP contribution < -0.4 is 10.0 Å². The smallest absolute Gasteiger partial charge is 0.264 e. The van der Waals surface area contributed by atoms with Gasteiger partial charge in [-0.05, 0) is 61.0 Å². The number of phenolic OH excluding ortho intramolecular Hbond substituents is 1. The van der Waals surface area contributed by atoms with Crippen molar-refractivity contribution in [3.8, 4) is 5.75 Å². The molecule has 0 aliphatic rings. The lowest BCUT2D eigenvalue weighted by Gasteiger charge is -2.10. The minimum atomic E-state index is -3.89. The van der Waals surface area contributed by atoms with Crippen molar-refractivity contribution in [2.24, 2.45) is 0 Å². The molecule has 9 heteroatoms. The first-order valence-electron chi connectivity index (χ1n) is 9.33. The number of aryl methyl sites for hydroxylation is 1. The average molecular weight is 437 g/mol. The van der Waals surface area contributed by atoms with Crippen molar-refractivity contribution in [1.29, 1.82) is 0 Å². The lowest BCUT2D eigenvalue weighted by Crippen LogP contribution is -2.14. The number of amides is 1. The SMILES string of the molecule is Cc1noc(NS(=O)(=O)c2ccc(NC(=O)c3cc4ccccc4cc3O)cc2)c1C. The van der Waals surface area contributed by atoms with Gasteiger partial charge in [0.25, 0.3) is 15.9 Å². The van der Waals surface area contributed by atoms with E-state index >= 15 is 0 Å². The molecule has 0 bridgehead atoms. The molecule has 158 valence electrons. The molecule has 0 atom stereocenters. The molecule has 4 aromatic rings. The van der Waals surface area contributed by atoms with Crippen molar-refractivity contribution in [2.75, 3.05) is 10.0 Å². The van der Waals surface area contributed by atoms with Gasteiger partial charge in [-0.1, -0.05) is 29.4 Å². The highest BCUT2D eigenvalue weighted by molar-refractivity contribution is 7.92.